The summed E-state index contributed by atoms with van der Waals surface area (Å²) in [6.07, 6.45) is 0. The summed E-state index contributed by atoms with van der Waals surface area (Å²) < 4.78 is 0. The van der Waals surface area contributed by atoms with Gasteiger partial charge in [-0.2, -0.15) is 0 Å². The van der Waals surface area contributed by atoms with Crippen molar-refractivity contribution in [3.63, 3.8) is 0 Å². The van der Waals surface area contributed by atoms with Crippen LogP contribution in [0.4, 0.5) is 17.1 Å². The van der Waals surface area contributed by atoms with Crippen LogP contribution in [0.1, 0.15) is 49.9 Å². The monoisotopic (exact) mass is 577 g/mol. The zero-order chi connectivity index (χ0) is 30.5. The molecule has 0 saturated heterocycles. The minimum atomic E-state index is -0.0705. The lowest BCUT2D eigenvalue weighted by Gasteiger charge is -2.29. The lowest BCUT2D eigenvalue weighted by molar-refractivity contribution is 0.660. The molecule has 45 heavy (non-hydrogen) atoms. The van der Waals surface area contributed by atoms with Crippen LogP contribution in [0.5, 0.6) is 0 Å². The lowest BCUT2D eigenvalue weighted by Crippen LogP contribution is -2.17. The van der Waals surface area contributed by atoms with E-state index < -0.39 is 0 Å². The summed E-state index contributed by atoms with van der Waals surface area (Å²) in [6.45, 7) is 9.46. The van der Waals surface area contributed by atoms with E-state index in [1.165, 1.54) is 77.4 Å². The van der Waals surface area contributed by atoms with Gasteiger partial charge < -0.3 is 4.90 Å². The molecule has 2 aliphatic carbocycles. The van der Waals surface area contributed by atoms with Crippen molar-refractivity contribution >= 4 is 38.6 Å². The molecule has 7 aromatic carbocycles. The Morgan fingerprint density at radius 3 is 1.60 bits per heavy atom. The molecule has 9 rings (SSSR count). The molecule has 7 aromatic rings. The van der Waals surface area contributed by atoms with E-state index in [9.17, 15) is 0 Å². The Balaban J connectivity index is 1.27. The second-order valence-electron chi connectivity index (χ2n) is 13.9. The first-order valence-corrected chi connectivity index (χ1v) is 16.0. The standard InChI is InChI=1S/C44H35N/c1-43(2)39-16-10-9-15-35(39)36-21-19-34(27-42(36)43)45(32-18-17-28-11-5-6-12-29(28)23-32)33-20-22-40-38(26-33)37-24-30-13-7-8-14-31(30)25-41(37)44(40,3)4/h5-27H,1-4H3. The quantitative estimate of drug-likeness (QED) is 0.202. The molecule has 0 spiro atoms. The number of nitrogens with zero attached hydrogens (tertiary/aromatic N) is 1. The SMILES string of the molecule is CC1(C)c2ccccc2-c2ccc(N(c3ccc4c(c3)-c3cc5ccccc5cc3C4(C)C)c3ccc4ccccc4c3)cc21. The molecular formula is C44H35N. The highest BCUT2D eigenvalue weighted by Gasteiger charge is 2.37. The van der Waals surface area contributed by atoms with Gasteiger partial charge in [-0.15, -0.1) is 0 Å². The van der Waals surface area contributed by atoms with Crippen molar-refractivity contribution in [2.24, 2.45) is 0 Å². The van der Waals surface area contributed by atoms with E-state index in [-0.39, 0.29) is 10.8 Å². The fourth-order valence-corrected chi connectivity index (χ4v) is 8.16. The van der Waals surface area contributed by atoms with Gasteiger partial charge in [0.1, 0.15) is 0 Å². The van der Waals surface area contributed by atoms with Crippen LogP contribution in [0.3, 0.4) is 0 Å². The Bertz CT molecular complexity index is 2340. The van der Waals surface area contributed by atoms with Crippen molar-refractivity contribution in [2.45, 2.75) is 38.5 Å². The first kappa shape index (κ1) is 26.3. The maximum atomic E-state index is 2.46. The first-order valence-electron chi connectivity index (χ1n) is 16.0. The van der Waals surface area contributed by atoms with Crippen LogP contribution in [0.2, 0.25) is 0 Å². The second kappa shape index (κ2) is 9.19. The van der Waals surface area contributed by atoms with E-state index in [0.717, 1.165) is 5.69 Å². The van der Waals surface area contributed by atoms with E-state index in [1.54, 1.807) is 0 Å². The van der Waals surface area contributed by atoms with Gasteiger partial charge in [-0.1, -0.05) is 119 Å². The van der Waals surface area contributed by atoms with Crippen molar-refractivity contribution in [3.05, 3.63) is 162 Å². The van der Waals surface area contributed by atoms with Gasteiger partial charge in [-0.05, 0) is 115 Å². The Labute approximate surface area is 265 Å². The van der Waals surface area contributed by atoms with Crippen molar-refractivity contribution in [3.8, 4) is 22.3 Å². The number of rotatable bonds is 3. The van der Waals surface area contributed by atoms with E-state index >= 15 is 0 Å². The minimum Gasteiger partial charge on any atom is -0.310 e. The molecule has 0 atom stereocenters. The van der Waals surface area contributed by atoms with Gasteiger partial charge in [0.25, 0.3) is 0 Å². The molecule has 0 N–H and O–H groups in total. The number of benzene rings is 7. The van der Waals surface area contributed by atoms with Crippen LogP contribution in [-0.4, -0.2) is 0 Å². The Hall–Kier alpha value is -5.14. The molecule has 0 aromatic heterocycles. The van der Waals surface area contributed by atoms with E-state index in [1.807, 2.05) is 0 Å². The normalized spacial score (nSPS) is 15.0. The lowest BCUT2D eigenvalue weighted by atomic mass is 9.82. The molecule has 0 radical (unpaired) electrons. The highest BCUT2D eigenvalue weighted by Crippen LogP contribution is 2.53. The maximum absolute atomic E-state index is 2.46. The van der Waals surface area contributed by atoms with Crippen LogP contribution >= 0.6 is 0 Å². The second-order valence-corrected chi connectivity index (χ2v) is 13.9. The number of hydrogen-bond donors (Lipinski definition) is 0. The minimum absolute atomic E-state index is 0.0651. The molecule has 0 unspecified atom stereocenters. The van der Waals surface area contributed by atoms with Crippen LogP contribution in [0.25, 0.3) is 43.8 Å². The number of anilines is 3. The number of fused-ring (bicyclic) bond motifs is 8. The molecule has 1 nitrogen and oxygen atoms in total. The molecular weight excluding hydrogens is 542 g/mol. The average molecular weight is 578 g/mol. The zero-order valence-electron chi connectivity index (χ0n) is 26.2. The van der Waals surface area contributed by atoms with Crippen LogP contribution in [0.15, 0.2) is 140 Å². The van der Waals surface area contributed by atoms with Crippen LogP contribution in [-0.2, 0) is 10.8 Å². The summed E-state index contributed by atoms with van der Waals surface area (Å²) in [5.74, 6) is 0. The molecule has 0 heterocycles. The smallest absolute Gasteiger partial charge is 0.0468 e. The van der Waals surface area contributed by atoms with Gasteiger partial charge in [0.05, 0.1) is 0 Å². The summed E-state index contributed by atoms with van der Waals surface area (Å²) in [5, 5.41) is 5.09. The third-order valence-electron chi connectivity index (χ3n) is 10.6. The topological polar surface area (TPSA) is 3.24 Å². The van der Waals surface area contributed by atoms with E-state index in [4.69, 9.17) is 0 Å². The van der Waals surface area contributed by atoms with Gasteiger partial charge in [-0.25, -0.2) is 0 Å². The molecule has 1 heteroatoms. The van der Waals surface area contributed by atoms with Crippen molar-refractivity contribution in [1.29, 1.82) is 0 Å². The molecule has 0 bridgehead atoms. The zero-order valence-corrected chi connectivity index (χ0v) is 26.2. The molecule has 216 valence electrons. The molecule has 2 aliphatic rings. The van der Waals surface area contributed by atoms with Crippen molar-refractivity contribution < 1.29 is 0 Å². The summed E-state index contributed by atoms with van der Waals surface area (Å²) in [5.41, 5.74) is 14.3. The van der Waals surface area contributed by atoms with Gasteiger partial charge in [0.2, 0.25) is 0 Å². The van der Waals surface area contributed by atoms with Gasteiger partial charge in [0.15, 0.2) is 0 Å². The summed E-state index contributed by atoms with van der Waals surface area (Å²) in [7, 11) is 0. The average Bonchev–Trinajstić information content (AvgIpc) is 3.42. The first-order chi connectivity index (χ1) is 21.8. The Morgan fingerprint density at radius 2 is 0.822 bits per heavy atom. The maximum Gasteiger partial charge on any atom is 0.0468 e. The highest BCUT2D eigenvalue weighted by atomic mass is 15.1. The van der Waals surface area contributed by atoms with Crippen LogP contribution in [0, 0.1) is 0 Å². The largest absolute Gasteiger partial charge is 0.310 e. The highest BCUT2D eigenvalue weighted by molar-refractivity contribution is 5.96. The van der Waals surface area contributed by atoms with Gasteiger partial charge in [-0.3, -0.25) is 0 Å². The summed E-state index contributed by atoms with van der Waals surface area (Å²) >= 11 is 0. The molecule has 0 amide bonds. The third kappa shape index (κ3) is 3.74. The van der Waals surface area contributed by atoms with Crippen molar-refractivity contribution in [1.82, 2.24) is 0 Å². The van der Waals surface area contributed by atoms with Crippen molar-refractivity contribution in [2.75, 3.05) is 4.90 Å². The van der Waals surface area contributed by atoms with E-state index in [0.29, 0.717) is 0 Å². The fraction of sp³-hybridized carbons (Fsp3) is 0.136. The predicted octanol–water partition coefficient (Wildman–Crippen LogP) is 12.1. The molecule has 0 aliphatic heterocycles. The van der Waals surface area contributed by atoms with E-state index in [2.05, 4.69) is 172 Å². The Kier molecular flexibility index (Phi) is 5.37. The summed E-state index contributed by atoms with van der Waals surface area (Å²) in [4.78, 5) is 2.46. The molecule has 0 fully saturated rings. The summed E-state index contributed by atoms with van der Waals surface area (Å²) in [6, 6.07) is 52.2. The Morgan fingerprint density at radius 1 is 0.333 bits per heavy atom. The molecule has 0 saturated carbocycles. The van der Waals surface area contributed by atoms with Gasteiger partial charge in [0, 0.05) is 27.9 Å². The number of hydrogen-bond acceptors (Lipinski definition) is 1. The van der Waals surface area contributed by atoms with Gasteiger partial charge >= 0.3 is 0 Å². The fourth-order valence-electron chi connectivity index (χ4n) is 8.16. The third-order valence-corrected chi connectivity index (χ3v) is 10.6. The van der Waals surface area contributed by atoms with Crippen LogP contribution < -0.4 is 4.90 Å². The predicted molar refractivity (Wildman–Crippen MR) is 191 cm³/mol.